The molecule has 1 aliphatic carbocycles. The van der Waals surface area contributed by atoms with Crippen LogP contribution in [0.15, 0.2) is 24.3 Å². The Morgan fingerprint density at radius 1 is 1.10 bits per heavy atom. The number of carbonyl (C=O) groups excluding carboxylic acids is 3. The van der Waals surface area contributed by atoms with Gasteiger partial charge in [0, 0.05) is 17.9 Å². The maximum Gasteiger partial charge on any atom is 0.373 e. The molecule has 2 aliphatic rings. The van der Waals surface area contributed by atoms with E-state index in [1.54, 1.807) is 0 Å². The van der Waals surface area contributed by atoms with Gasteiger partial charge in [0.25, 0.3) is 0 Å². The smallest absolute Gasteiger partial charge is 0.350 e. The first kappa shape index (κ1) is 15.5. The fourth-order valence-corrected chi connectivity index (χ4v) is 3.69. The van der Waals surface area contributed by atoms with Gasteiger partial charge in [0.2, 0.25) is 5.91 Å². The zero-order valence-electron chi connectivity index (χ0n) is 12.4. The molecule has 0 bridgehead atoms. The Morgan fingerprint density at radius 2 is 1.67 bits per heavy atom. The predicted molar refractivity (Wildman–Crippen MR) is 77.5 cm³/mol. The van der Waals surface area contributed by atoms with E-state index in [9.17, 15) is 4.79 Å². The molecule has 1 saturated heterocycles. The van der Waals surface area contributed by atoms with Gasteiger partial charge in [-0.1, -0.05) is 49.1 Å². The summed E-state index contributed by atoms with van der Waals surface area (Å²) in [5.74, 6) is 0.619. The van der Waals surface area contributed by atoms with Gasteiger partial charge in [-0.05, 0) is 25.3 Å². The number of hydrogen-bond donors (Lipinski definition) is 1. The van der Waals surface area contributed by atoms with Gasteiger partial charge in [0.1, 0.15) is 0 Å². The molecule has 0 unspecified atom stereocenters. The Morgan fingerprint density at radius 3 is 2.24 bits per heavy atom. The van der Waals surface area contributed by atoms with E-state index >= 15 is 0 Å². The normalized spacial score (nSPS) is 22.9. The van der Waals surface area contributed by atoms with Crippen LogP contribution in [0.25, 0.3) is 0 Å². The van der Waals surface area contributed by atoms with Gasteiger partial charge >= 0.3 is 6.15 Å². The number of amides is 1. The molecule has 1 atom stereocenters. The molecule has 4 nitrogen and oxygen atoms in total. The molecule has 0 aromatic heterocycles. The van der Waals surface area contributed by atoms with E-state index in [2.05, 4.69) is 36.5 Å². The zero-order chi connectivity index (χ0) is 15.3. The van der Waals surface area contributed by atoms with Gasteiger partial charge in [0.15, 0.2) is 0 Å². The van der Waals surface area contributed by atoms with Crippen LogP contribution < -0.4 is 5.32 Å². The van der Waals surface area contributed by atoms with Crippen LogP contribution in [0.4, 0.5) is 0 Å². The van der Waals surface area contributed by atoms with Crippen molar-refractivity contribution in [2.75, 3.05) is 0 Å². The SMILES string of the molecule is Cc1ccc([C@H]2CC(=O)NC23CCCCC3)cc1.O=C=O. The Kier molecular flexibility index (Phi) is 4.92. The first-order valence-electron chi connectivity index (χ1n) is 7.48. The summed E-state index contributed by atoms with van der Waals surface area (Å²) in [6.45, 7) is 2.11. The van der Waals surface area contributed by atoms with E-state index in [1.165, 1.54) is 30.4 Å². The number of hydrogen-bond acceptors (Lipinski definition) is 3. The van der Waals surface area contributed by atoms with Crippen molar-refractivity contribution in [3.8, 4) is 0 Å². The van der Waals surface area contributed by atoms with Crippen LogP contribution in [0.3, 0.4) is 0 Å². The van der Waals surface area contributed by atoms with E-state index in [0.717, 1.165) is 12.8 Å². The van der Waals surface area contributed by atoms with Gasteiger partial charge < -0.3 is 5.32 Å². The summed E-state index contributed by atoms with van der Waals surface area (Å²) in [4.78, 5) is 28.1. The summed E-state index contributed by atoms with van der Waals surface area (Å²) in [7, 11) is 0. The second kappa shape index (κ2) is 6.68. The van der Waals surface area contributed by atoms with Crippen molar-refractivity contribution in [3.63, 3.8) is 0 Å². The lowest BCUT2D eigenvalue weighted by molar-refractivity contribution is -0.191. The lowest BCUT2D eigenvalue weighted by atomic mass is 9.71. The van der Waals surface area contributed by atoms with E-state index in [-0.39, 0.29) is 17.6 Å². The second-order valence-corrected chi connectivity index (χ2v) is 6.02. The summed E-state index contributed by atoms with van der Waals surface area (Å²) in [5, 5.41) is 3.29. The molecule has 1 heterocycles. The minimum Gasteiger partial charge on any atom is -0.350 e. The van der Waals surface area contributed by atoms with Crippen molar-refractivity contribution >= 4 is 12.1 Å². The zero-order valence-corrected chi connectivity index (χ0v) is 12.4. The highest BCUT2D eigenvalue weighted by Crippen LogP contribution is 2.45. The summed E-state index contributed by atoms with van der Waals surface area (Å²) in [5.41, 5.74) is 2.68. The van der Waals surface area contributed by atoms with Gasteiger partial charge in [0.05, 0.1) is 0 Å². The molecular formula is C17H21NO3. The summed E-state index contributed by atoms with van der Waals surface area (Å²) < 4.78 is 0. The van der Waals surface area contributed by atoms with Crippen LogP contribution in [0.2, 0.25) is 0 Å². The molecule has 4 heteroatoms. The second-order valence-electron chi connectivity index (χ2n) is 6.02. The predicted octanol–water partition coefficient (Wildman–Crippen LogP) is 2.72. The number of rotatable bonds is 1. The van der Waals surface area contributed by atoms with Crippen molar-refractivity contribution < 1.29 is 14.4 Å². The maximum absolute atomic E-state index is 11.9. The van der Waals surface area contributed by atoms with Crippen molar-refractivity contribution in [2.24, 2.45) is 0 Å². The largest absolute Gasteiger partial charge is 0.373 e. The van der Waals surface area contributed by atoms with Crippen molar-refractivity contribution in [1.82, 2.24) is 5.32 Å². The third-order valence-corrected chi connectivity index (χ3v) is 4.67. The highest BCUT2D eigenvalue weighted by atomic mass is 16.2. The monoisotopic (exact) mass is 287 g/mol. The lowest BCUT2D eigenvalue weighted by Gasteiger charge is -2.38. The van der Waals surface area contributed by atoms with Crippen LogP contribution in [-0.2, 0) is 14.4 Å². The summed E-state index contributed by atoms with van der Waals surface area (Å²) >= 11 is 0. The van der Waals surface area contributed by atoms with E-state index < -0.39 is 0 Å². The summed E-state index contributed by atoms with van der Waals surface area (Å²) in [6.07, 6.45) is 7.04. The molecule has 2 fully saturated rings. The number of carbonyl (C=O) groups is 1. The van der Waals surface area contributed by atoms with E-state index in [1.807, 2.05) is 0 Å². The third kappa shape index (κ3) is 3.40. The molecule has 1 aliphatic heterocycles. The highest BCUT2D eigenvalue weighted by molar-refractivity contribution is 5.81. The van der Waals surface area contributed by atoms with Gasteiger partial charge in [-0.15, -0.1) is 0 Å². The number of benzene rings is 1. The molecule has 1 aromatic carbocycles. The molecular weight excluding hydrogens is 266 g/mol. The first-order chi connectivity index (χ1) is 10.1. The number of aryl methyl sites for hydroxylation is 1. The molecule has 1 saturated carbocycles. The highest BCUT2D eigenvalue weighted by Gasteiger charge is 2.47. The Labute approximate surface area is 124 Å². The molecule has 1 amide bonds. The lowest BCUT2D eigenvalue weighted by Crippen LogP contribution is -2.46. The number of nitrogens with one attached hydrogen (secondary N) is 1. The van der Waals surface area contributed by atoms with Crippen molar-refractivity contribution in [3.05, 3.63) is 35.4 Å². The maximum atomic E-state index is 11.9. The molecule has 0 radical (unpaired) electrons. The van der Waals surface area contributed by atoms with Crippen molar-refractivity contribution in [2.45, 2.75) is 56.9 Å². The van der Waals surface area contributed by atoms with Crippen LogP contribution in [0, 0.1) is 6.92 Å². The van der Waals surface area contributed by atoms with Crippen molar-refractivity contribution in [1.29, 1.82) is 0 Å². The average molecular weight is 287 g/mol. The van der Waals surface area contributed by atoms with Crippen LogP contribution >= 0.6 is 0 Å². The fourth-order valence-electron chi connectivity index (χ4n) is 3.69. The summed E-state index contributed by atoms with van der Waals surface area (Å²) in [6, 6.07) is 8.73. The molecule has 112 valence electrons. The minimum atomic E-state index is 0.0601. The molecule has 1 aromatic rings. The van der Waals surface area contributed by atoms with Gasteiger partial charge in [-0.25, -0.2) is 0 Å². The average Bonchev–Trinajstić information content (AvgIpc) is 2.77. The van der Waals surface area contributed by atoms with Crippen LogP contribution in [-0.4, -0.2) is 17.6 Å². The van der Waals surface area contributed by atoms with Gasteiger partial charge in [-0.2, -0.15) is 9.59 Å². The first-order valence-corrected chi connectivity index (χ1v) is 7.48. The Bertz CT molecular complexity index is 523. The standard InChI is InChI=1S/C16H21NO.CO2/c1-12-5-7-13(8-6-12)14-11-15(18)17-16(14)9-3-2-4-10-16;2-1-3/h5-8,14H,2-4,9-11H2,1H3,(H,17,18);/t14-;/m1./s1. The third-order valence-electron chi connectivity index (χ3n) is 4.67. The molecule has 3 rings (SSSR count). The van der Waals surface area contributed by atoms with Crippen LogP contribution in [0.1, 0.15) is 55.6 Å². The quantitative estimate of drug-likeness (QED) is 0.863. The molecule has 1 spiro atoms. The Hall–Kier alpha value is -1.93. The van der Waals surface area contributed by atoms with Gasteiger partial charge in [-0.3, -0.25) is 4.79 Å². The van der Waals surface area contributed by atoms with E-state index in [0.29, 0.717) is 12.3 Å². The van der Waals surface area contributed by atoms with Crippen LogP contribution in [0.5, 0.6) is 0 Å². The minimum absolute atomic E-state index is 0.0601. The Balaban J connectivity index is 0.000000497. The fraction of sp³-hybridized carbons (Fsp3) is 0.529. The molecule has 21 heavy (non-hydrogen) atoms. The molecule has 1 N–H and O–H groups in total. The van der Waals surface area contributed by atoms with E-state index in [4.69, 9.17) is 9.59 Å². The topological polar surface area (TPSA) is 63.2 Å².